The summed E-state index contributed by atoms with van der Waals surface area (Å²) in [5, 5.41) is 5.31. The molecule has 0 aliphatic carbocycles. The van der Waals surface area contributed by atoms with Crippen molar-refractivity contribution in [3.63, 3.8) is 0 Å². The van der Waals surface area contributed by atoms with Crippen LogP contribution in [0.4, 0.5) is 0 Å². The first-order valence-electron chi connectivity index (χ1n) is 13.8. The monoisotopic (exact) mass is 532 g/mol. The fraction of sp³-hybridized carbons (Fsp3) is 0.265. The van der Waals surface area contributed by atoms with E-state index in [2.05, 4.69) is 75.6 Å². The molecule has 204 valence electrons. The largest absolute Gasteiger partial charge is 0.496 e. The van der Waals surface area contributed by atoms with Crippen molar-refractivity contribution in [3.8, 4) is 22.8 Å². The zero-order valence-electron chi connectivity index (χ0n) is 24.3. The Morgan fingerprint density at radius 1 is 1.00 bits per heavy atom. The fourth-order valence-electron chi connectivity index (χ4n) is 5.41. The van der Waals surface area contributed by atoms with Gasteiger partial charge in [0.1, 0.15) is 5.75 Å². The molecule has 0 unspecified atom stereocenters. The fourth-order valence-corrected chi connectivity index (χ4v) is 5.41. The van der Waals surface area contributed by atoms with Crippen LogP contribution in [-0.2, 0) is 6.42 Å². The minimum atomic E-state index is -0.205. The Hall–Kier alpha value is -4.45. The van der Waals surface area contributed by atoms with Crippen molar-refractivity contribution in [1.29, 1.82) is 0 Å². The number of methoxy groups -OCH3 is 1. The average molecular weight is 533 g/mol. The van der Waals surface area contributed by atoms with Crippen LogP contribution in [0, 0.1) is 20.8 Å². The van der Waals surface area contributed by atoms with Gasteiger partial charge in [0, 0.05) is 28.2 Å². The van der Waals surface area contributed by atoms with E-state index >= 15 is 0 Å². The van der Waals surface area contributed by atoms with Gasteiger partial charge < -0.3 is 9.30 Å². The smallest absolute Gasteiger partial charge is 0.282 e. The Kier molecular flexibility index (Phi) is 7.44. The topological polar surface area (TPSA) is 61.4 Å². The second kappa shape index (κ2) is 11.0. The van der Waals surface area contributed by atoms with Gasteiger partial charge in [-0.3, -0.25) is 4.79 Å². The van der Waals surface area contributed by atoms with Crippen LogP contribution in [0.2, 0.25) is 0 Å². The molecule has 0 amide bonds. The summed E-state index contributed by atoms with van der Waals surface area (Å²) in [7, 11) is 1.68. The highest BCUT2D eigenvalue weighted by Gasteiger charge is 2.19. The van der Waals surface area contributed by atoms with E-state index in [1.165, 1.54) is 15.9 Å². The van der Waals surface area contributed by atoms with Gasteiger partial charge in [0.25, 0.3) is 5.56 Å². The normalized spacial score (nSPS) is 11.7. The van der Waals surface area contributed by atoms with Crippen LogP contribution in [0.3, 0.4) is 0 Å². The van der Waals surface area contributed by atoms with Gasteiger partial charge in [-0.25, -0.2) is 4.98 Å². The molecule has 2 aromatic heterocycles. The lowest BCUT2D eigenvalue weighted by atomic mass is 9.96. The molecule has 0 aliphatic heterocycles. The molecule has 5 rings (SSSR count). The van der Waals surface area contributed by atoms with Crippen LogP contribution in [0.5, 0.6) is 5.75 Å². The molecule has 40 heavy (non-hydrogen) atoms. The number of benzene rings is 3. The lowest BCUT2D eigenvalue weighted by Gasteiger charge is -2.17. The maximum absolute atomic E-state index is 13.8. The van der Waals surface area contributed by atoms with E-state index in [9.17, 15) is 4.79 Å². The quantitative estimate of drug-likeness (QED) is 0.206. The molecule has 6 heteroatoms. The molecule has 6 nitrogen and oxygen atoms in total. The van der Waals surface area contributed by atoms with Gasteiger partial charge in [-0.15, -0.1) is 0 Å². The van der Waals surface area contributed by atoms with Crippen molar-refractivity contribution in [1.82, 2.24) is 14.2 Å². The number of ether oxygens (including phenoxy) is 1. The van der Waals surface area contributed by atoms with E-state index in [0.29, 0.717) is 16.7 Å². The summed E-state index contributed by atoms with van der Waals surface area (Å²) in [6, 6.07) is 22.1. The number of para-hydroxylation sites is 2. The number of hydrogen-bond acceptors (Lipinski definition) is 4. The molecule has 0 N–H and O–H groups in total. The first-order chi connectivity index (χ1) is 19.2. The highest BCUT2D eigenvalue weighted by atomic mass is 16.5. The van der Waals surface area contributed by atoms with Gasteiger partial charge in [0.05, 0.1) is 24.2 Å². The van der Waals surface area contributed by atoms with Gasteiger partial charge in [0.15, 0.2) is 5.82 Å². The van der Waals surface area contributed by atoms with Gasteiger partial charge in [0.2, 0.25) is 0 Å². The first-order valence-corrected chi connectivity index (χ1v) is 13.8. The molecule has 0 fully saturated rings. The van der Waals surface area contributed by atoms with Crippen LogP contribution in [0.15, 0.2) is 76.6 Å². The van der Waals surface area contributed by atoms with Crippen LogP contribution in [-0.4, -0.2) is 27.6 Å². The minimum Gasteiger partial charge on any atom is -0.496 e. The SMILES string of the molecule is CCc1ccccc1-n1c(C)cc(C=Nn2c(-c3cc(C(C)C)c(OC)cc3C)nc3ccccc3c2=O)c1C. The third kappa shape index (κ3) is 4.75. The lowest BCUT2D eigenvalue weighted by Crippen LogP contribution is -2.21. The van der Waals surface area contributed by atoms with E-state index < -0.39 is 0 Å². The number of aryl methyl sites for hydroxylation is 3. The second-order valence-electron chi connectivity index (χ2n) is 10.5. The highest BCUT2D eigenvalue weighted by Crippen LogP contribution is 2.34. The predicted molar refractivity (Wildman–Crippen MR) is 164 cm³/mol. The molecule has 0 atom stereocenters. The van der Waals surface area contributed by atoms with Crippen LogP contribution in [0.1, 0.15) is 60.3 Å². The Morgan fingerprint density at radius 3 is 2.45 bits per heavy atom. The number of aromatic nitrogens is 3. The van der Waals surface area contributed by atoms with Crippen molar-refractivity contribution < 1.29 is 4.74 Å². The number of hydrogen-bond donors (Lipinski definition) is 0. The Morgan fingerprint density at radius 2 is 1.73 bits per heavy atom. The molecular weight excluding hydrogens is 496 g/mol. The van der Waals surface area contributed by atoms with Crippen molar-refractivity contribution in [2.75, 3.05) is 7.11 Å². The summed E-state index contributed by atoms with van der Waals surface area (Å²) in [5.41, 5.74) is 8.87. The van der Waals surface area contributed by atoms with E-state index in [0.717, 1.165) is 45.8 Å². The van der Waals surface area contributed by atoms with Gasteiger partial charge in [-0.1, -0.05) is 51.1 Å². The third-order valence-corrected chi connectivity index (χ3v) is 7.59. The maximum atomic E-state index is 13.8. The molecule has 5 aromatic rings. The van der Waals surface area contributed by atoms with Gasteiger partial charge in [-0.2, -0.15) is 9.78 Å². The van der Waals surface area contributed by atoms with E-state index in [1.807, 2.05) is 31.2 Å². The summed E-state index contributed by atoms with van der Waals surface area (Å²) in [5.74, 6) is 1.57. The van der Waals surface area contributed by atoms with Crippen molar-refractivity contribution >= 4 is 17.1 Å². The number of rotatable bonds is 7. The number of nitrogens with zero attached hydrogens (tertiary/aromatic N) is 4. The summed E-state index contributed by atoms with van der Waals surface area (Å²) in [4.78, 5) is 18.8. The van der Waals surface area contributed by atoms with Gasteiger partial charge >= 0.3 is 0 Å². The first kappa shape index (κ1) is 27.1. The molecule has 0 spiro atoms. The zero-order valence-corrected chi connectivity index (χ0v) is 24.3. The molecule has 0 bridgehead atoms. The summed E-state index contributed by atoms with van der Waals surface area (Å²) >= 11 is 0. The minimum absolute atomic E-state index is 0.205. The summed E-state index contributed by atoms with van der Waals surface area (Å²) in [6.07, 6.45) is 2.72. The molecule has 2 heterocycles. The molecular formula is C34H36N4O2. The molecule has 0 saturated heterocycles. The van der Waals surface area contributed by atoms with Crippen LogP contribution < -0.4 is 10.3 Å². The Labute approximate surface area is 235 Å². The van der Waals surface area contributed by atoms with Crippen LogP contribution >= 0.6 is 0 Å². The standard InChI is InChI=1S/C34H36N4O2/c1-8-25-13-9-12-16-31(25)37-23(5)18-26(24(37)6)20-35-38-33(36-30-15-11-10-14-27(30)34(38)39)29-19-28(21(2)3)32(40-7)17-22(29)4/h9-21H,8H2,1-7H3. The zero-order chi connectivity index (χ0) is 28.6. The van der Waals surface area contributed by atoms with E-state index in [1.54, 1.807) is 19.4 Å². The lowest BCUT2D eigenvalue weighted by molar-refractivity contribution is 0.407. The number of fused-ring (bicyclic) bond motifs is 1. The summed E-state index contributed by atoms with van der Waals surface area (Å²) < 4.78 is 9.36. The molecule has 3 aromatic carbocycles. The van der Waals surface area contributed by atoms with E-state index in [-0.39, 0.29) is 11.5 Å². The predicted octanol–water partition coefficient (Wildman–Crippen LogP) is 7.36. The second-order valence-corrected chi connectivity index (χ2v) is 10.5. The molecule has 0 radical (unpaired) electrons. The Balaban J connectivity index is 1.71. The highest BCUT2D eigenvalue weighted by molar-refractivity contribution is 5.84. The van der Waals surface area contributed by atoms with Crippen LogP contribution in [0.25, 0.3) is 28.0 Å². The van der Waals surface area contributed by atoms with Gasteiger partial charge in [-0.05, 0) is 86.2 Å². The molecule has 0 saturated carbocycles. The van der Waals surface area contributed by atoms with Crippen molar-refractivity contribution in [2.45, 2.75) is 53.9 Å². The maximum Gasteiger partial charge on any atom is 0.282 e. The third-order valence-electron chi connectivity index (χ3n) is 7.59. The summed E-state index contributed by atoms with van der Waals surface area (Å²) in [6.45, 7) is 12.6. The molecule has 0 aliphatic rings. The van der Waals surface area contributed by atoms with Crippen molar-refractivity contribution in [3.05, 3.63) is 111 Å². The average Bonchev–Trinajstić information content (AvgIpc) is 3.24. The van der Waals surface area contributed by atoms with E-state index in [4.69, 9.17) is 14.8 Å². The Bertz CT molecular complexity index is 1810. The van der Waals surface area contributed by atoms with Crippen molar-refractivity contribution in [2.24, 2.45) is 5.10 Å².